The van der Waals surface area contributed by atoms with Crippen LogP contribution in [0.1, 0.15) is 42.2 Å². The summed E-state index contributed by atoms with van der Waals surface area (Å²) in [6.45, 7) is 3.84. The van der Waals surface area contributed by atoms with Crippen molar-refractivity contribution in [2.24, 2.45) is 0 Å². The van der Waals surface area contributed by atoms with Crippen molar-refractivity contribution in [2.75, 3.05) is 11.1 Å². The number of nitrogens with two attached hydrogens (primary N) is 1. The maximum absolute atomic E-state index is 13.0. The molecular weight excluding hydrogens is 384 g/mol. The van der Waals surface area contributed by atoms with Gasteiger partial charge >= 0.3 is 0 Å². The van der Waals surface area contributed by atoms with Crippen LogP contribution in [0, 0.1) is 13.8 Å². The molecule has 0 atom stereocenters. The smallest absolute Gasteiger partial charge is 0.262 e. The molecule has 1 aliphatic heterocycles. The lowest BCUT2D eigenvalue weighted by atomic mass is 10.1. The van der Waals surface area contributed by atoms with E-state index < -0.39 is 23.3 Å². The Morgan fingerprint density at radius 3 is 2.50 bits per heavy atom. The molecule has 0 aliphatic carbocycles. The van der Waals surface area contributed by atoms with E-state index in [1.807, 2.05) is 26.0 Å². The van der Waals surface area contributed by atoms with Crippen molar-refractivity contribution in [3.63, 3.8) is 0 Å². The summed E-state index contributed by atoms with van der Waals surface area (Å²) >= 11 is 0. The number of rotatable bonds is 3. The van der Waals surface area contributed by atoms with Gasteiger partial charge in [0, 0.05) is 11.8 Å². The van der Waals surface area contributed by atoms with Crippen LogP contribution < -0.4 is 21.9 Å². The van der Waals surface area contributed by atoms with E-state index in [0.29, 0.717) is 5.69 Å². The average molecular weight is 402 g/mol. The zero-order chi connectivity index (χ0) is 21.6. The van der Waals surface area contributed by atoms with Gasteiger partial charge in [0.1, 0.15) is 5.82 Å². The molecule has 8 heteroatoms. The molecule has 1 aromatic heterocycles. The highest BCUT2D eigenvalue weighted by Crippen LogP contribution is 2.25. The number of anilines is 2. The third kappa shape index (κ3) is 2.95. The zero-order valence-electron chi connectivity index (χ0n) is 16.3. The molecule has 0 radical (unpaired) electrons. The van der Waals surface area contributed by atoms with Crippen LogP contribution in [0.15, 0.2) is 53.3 Å². The van der Waals surface area contributed by atoms with Crippen LogP contribution >= 0.6 is 0 Å². The minimum atomic E-state index is -0.682. The highest BCUT2D eigenvalue weighted by Gasteiger charge is 2.32. The summed E-state index contributed by atoms with van der Waals surface area (Å²) in [4.78, 5) is 49.8. The predicted octanol–water partition coefficient (Wildman–Crippen LogP) is 2.17. The summed E-state index contributed by atoms with van der Waals surface area (Å²) < 4.78 is 1.06. The molecule has 4 rings (SSSR count). The van der Waals surface area contributed by atoms with Crippen LogP contribution in [0.5, 0.6) is 0 Å². The first-order valence-corrected chi connectivity index (χ1v) is 9.17. The fraction of sp³-hybridized carbons (Fsp3) is 0.0909. The summed E-state index contributed by atoms with van der Waals surface area (Å²) in [5, 5.41) is 4.98. The summed E-state index contributed by atoms with van der Waals surface area (Å²) in [7, 11) is 0. The number of fused-ring (bicyclic) bond motifs is 1. The number of nitrogens with zero attached hydrogens (tertiary/aromatic N) is 1. The Morgan fingerprint density at radius 1 is 1.00 bits per heavy atom. The summed E-state index contributed by atoms with van der Waals surface area (Å²) in [6, 6.07) is 13.0. The molecule has 2 aromatic carbocycles. The highest BCUT2D eigenvalue weighted by molar-refractivity contribution is 6.23. The predicted molar refractivity (Wildman–Crippen MR) is 112 cm³/mol. The molecule has 4 N–H and O–H groups in total. The Kier molecular flexibility index (Phi) is 4.46. The third-order valence-electron chi connectivity index (χ3n) is 5.20. The van der Waals surface area contributed by atoms with E-state index in [1.54, 1.807) is 30.3 Å². The van der Waals surface area contributed by atoms with Gasteiger partial charge in [-0.1, -0.05) is 24.3 Å². The monoisotopic (exact) mass is 402 g/mol. The van der Waals surface area contributed by atoms with Crippen LogP contribution in [0.2, 0.25) is 0 Å². The van der Waals surface area contributed by atoms with Gasteiger partial charge in [0.25, 0.3) is 23.3 Å². The summed E-state index contributed by atoms with van der Waals surface area (Å²) in [5.41, 5.74) is 8.32. The maximum Gasteiger partial charge on any atom is 0.262 e. The molecule has 8 nitrogen and oxygen atoms in total. The minimum Gasteiger partial charge on any atom is -0.384 e. The molecule has 1 aliphatic rings. The van der Waals surface area contributed by atoms with Crippen LogP contribution in [0.4, 0.5) is 11.5 Å². The van der Waals surface area contributed by atoms with Crippen LogP contribution in [0.3, 0.4) is 0 Å². The molecule has 0 saturated carbocycles. The molecule has 150 valence electrons. The number of para-hydroxylation sites is 1. The average Bonchev–Trinajstić information content (AvgIpc) is 2.99. The van der Waals surface area contributed by atoms with Crippen LogP contribution in [0.25, 0.3) is 5.69 Å². The number of nitrogens with one attached hydrogen (secondary N) is 2. The number of hydrogen-bond donors (Lipinski definition) is 3. The van der Waals surface area contributed by atoms with E-state index in [2.05, 4.69) is 10.6 Å². The van der Waals surface area contributed by atoms with E-state index in [1.165, 1.54) is 0 Å². The van der Waals surface area contributed by atoms with E-state index in [9.17, 15) is 19.2 Å². The number of aromatic nitrogens is 1. The van der Waals surface area contributed by atoms with E-state index in [4.69, 9.17) is 5.73 Å². The standard InChI is InChI=1S/C22H18N4O4/c1-11-6-5-8-15(12(11)2)24-20(28)13-7-3-4-9-16(13)26-17(27)10-14-18(19(26)23)22(30)25-21(14)29/h3-10H,23H2,1-2H3,(H,24,28)(H,25,29,30). The molecule has 0 unspecified atom stereocenters. The van der Waals surface area contributed by atoms with Crippen LogP contribution in [-0.2, 0) is 0 Å². The van der Waals surface area contributed by atoms with Crippen molar-refractivity contribution >= 4 is 29.2 Å². The van der Waals surface area contributed by atoms with Crippen molar-refractivity contribution in [1.29, 1.82) is 0 Å². The van der Waals surface area contributed by atoms with E-state index >= 15 is 0 Å². The number of hydrogen-bond acceptors (Lipinski definition) is 5. The fourth-order valence-electron chi connectivity index (χ4n) is 3.46. The first-order valence-electron chi connectivity index (χ1n) is 9.17. The molecule has 0 bridgehead atoms. The molecule has 3 aromatic rings. The molecule has 30 heavy (non-hydrogen) atoms. The number of carbonyl (C=O) groups excluding carboxylic acids is 3. The van der Waals surface area contributed by atoms with Gasteiger partial charge in [-0.25, -0.2) is 0 Å². The van der Waals surface area contributed by atoms with Crippen molar-refractivity contribution in [1.82, 2.24) is 9.88 Å². The molecular formula is C22H18N4O4. The van der Waals surface area contributed by atoms with Gasteiger partial charge < -0.3 is 11.1 Å². The lowest BCUT2D eigenvalue weighted by Gasteiger charge is -2.16. The number of imide groups is 1. The Labute approximate surface area is 171 Å². The number of amides is 3. The first kappa shape index (κ1) is 19.1. The van der Waals surface area contributed by atoms with Crippen molar-refractivity contribution < 1.29 is 14.4 Å². The first-order chi connectivity index (χ1) is 14.3. The second-order valence-electron chi connectivity index (χ2n) is 6.99. The maximum atomic E-state index is 13.0. The Hall–Kier alpha value is -4.20. The highest BCUT2D eigenvalue weighted by atomic mass is 16.2. The van der Waals surface area contributed by atoms with Gasteiger partial charge in [-0.2, -0.15) is 0 Å². The quantitative estimate of drug-likeness (QED) is 0.580. The second kappa shape index (κ2) is 7.00. The molecule has 0 saturated heterocycles. The zero-order valence-corrected chi connectivity index (χ0v) is 16.3. The largest absolute Gasteiger partial charge is 0.384 e. The third-order valence-corrected chi connectivity index (χ3v) is 5.20. The van der Waals surface area contributed by atoms with Gasteiger partial charge in [-0.05, 0) is 43.2 Å². The minimum absolute atomic E-state index is 0.0731. The van der Waals surface area contributed by atoms with Crippen LogP contribution in [-0.4, -0.2) is 22.3 Å². The normalized spacial score (nSPS) is 12.5. The van der Waals surface area contributed by atoms with Gasteiger partial charge in [-0.15, -0.1) is 0 Å². The molecule has 0 fully saturated rings. The Balaban J connectivity index is 1.84. The summed E-state index contributed by atoms with van der Waals surface area (Å²) in [5.74, 6) is -2.00. The van der Waals surface area contributed by atoms with Gasteiger partial charge in [-0.3, -0.25) is 29.1 Å². The van der Waals surface area contributed by atoms with E-state index in [0.717, 1.165) is 21.8 Å². The van der Waals surface area contributed by atoms with Gasteiger partial charge in [0.15, 0.2) is 0 Å². The number of benzene rings is 2. The second-order valence-corrected chi connectivity index (χ2v) is 6.99. The number of nitrogen functional groups attached to an aromatic ring is 1. The SMILES string of the molecule is Cc1cccc(NC(=O)c2ccccc2-n2c(N)c3c(cc2=O)C(=O)NC3=O)c1C. The van der Waals surface area contributed by atoms with Crippen molar-refractivity contribution in [3.8, 4) is 5.69 Å². The molecule has 2 heterocycles. The number of aryl methyl sites for hydroxylation is 1. The fourth-order valence-corrected chi connectivity index (χ4v) is 3.46. The number of carbonyl (C=O) groups is 3. The molecule has 0 spiro atoms. The van der Waals surface area contributed by atoms with Crippen molar-refractivity contribution in [3.05, 3.63) is 86.7 Å². The van der Waals surface area contributed by atoms with Gasteiger partial charge in [0.05, 0.1) is 22.4 Å². The van der Waals surface area contributed by atoms with Crippen molar-refractivity contribution in [2.45, 2.75) is 13.8 Å². The summed E-state index contributed by atoms with van der Waals surface area (Å²) in [6.07, 6.45) is 0. The molecule has 3 amide bonds. The van der Waals surface area contributed by atoms with E-state index in [-0.39, 0.29) is 28.2 Å². The lowest BCUT2D eigenvalue weighted by Crippen LogP contribution is -2.26. The topological polar surface area (TPSA) is 123 Å². The van der Waals surface area contributed by atoms with Gasteiger partial charge in [0.2, 0.25) is 0 Å². The number of pyridine rings is 1. The lowest BCUT2D eigenvalue weighted by molar-refractivity contribution is 0.0879. The Morgan fingerprint density at radius 2 is 1.73 bits per heavy atom. The Bertz CT molecular complexity index is 1310.